The van der Waals surface area contributed by atoms with Crippen LogP contribution in [0.3, 0.4) is 0 Å². The highest BCUT2D eigenvalue weighted by Crippen LogP contribution is 2.25. The molecule has 184 valence electrons. The van der Waals surface area contributed by atoms with Gasteiger partial charge in [0.25, 0.3) is 5.56 Å². The maximum Gasteiger partial charge on any atom is 0.266 e. The molecule has 5 nitrogen and oxygen atoms in total. The predicted molar refractivity (Wildman–Crippen MR) is 150 cm³/mol. The number of hydrogen-bond acceptors (Lipinski definition) is 5. The molecule has 0 aliphatic rings. The standard InChI is InChI=1S/C29H20Cl2N2O3S/c30-24-15-10-19(16-25(24)31)17-36-22-13-11-20(12-14-22)27(34)18-37-29-32-26-9-5-4-8-23(26)28(35)33(29)21-6-2-1-3-7-21/h1-16H,17-18H2. The summed E-state index contributed by atoms with van der Waals surface area (Å²) in [6.45, 7) is 0.324. The summed E-state index contributed by atoms with van der Waals surface area (Å²) in [4.78, 5) is 31.0. The number of hydrogen-bond donors (Lipinski definition) is 0. The van der Waals surface area contributed by atoms with Crippen molar-refractivity contribution in [1.29, 1.82) is 0 Å². The van der Waals surface area contributed by atoms with Crippen molar-refractivity contribution < 1.29 is 9.53 Å². The molecule has 8 heteroatoms. The lowest BCUT2D eigenvalue weighted by atomic mass is 10.1. The van der Waals surface area contributed by atoms with Crippen LogP contribution in [0.4, 0.5) is 0 Å². The van der Waals surface area contributed by atoms with E-state index in [4.69, 9.17) is 32.9 Å². The Hall–Kier alpha value is -3.58. The first-order valence-corrected chi connectivity index (χ1v) is 13.1. The molecule has 0 spiro atoms. The summed E-state index contributed by atoms with van der Waals surface area (Å²) < 4.78 is 7.36. The van der Waals surface area contributed by atoms with E-state index in [9.17, 15) is 9.59 Å². The zero-order valence-corrected chi connectivity index (χ0v) is 21.8. The van der Waals surface area contributed by atoms with Gasteiger partial charge in [0.05, 0.1) is 32.4 Å². The number of nitrogens with zero attached hydrogens (tertiary/aromatic N) is 2. The van der Waals surface area contributed by atoms with Crippen LogP contribution in [-0.2, 0) is 6.61 Å². The molecule has 5 rings (SSSR count). The molecule has 0 unspecified atom stereocenters. The topological polar surface area (TPSA) is 61.2 Å². The third-order valence-corrected chi connectivity index (χ3v) is 7.34. The summed E-state index contributed by atoms with van der Waals surface area (Å²) in [6, 6.07) is 28.8. The fraction of sp³-hybridized carbons (Fsp3) is 0.0690. The van der Waals surface area contributed by atoms with Gasteiger partial charge in [0, 0.05) is 5.56 Å². The molecule has 1 heterocycles. The molecule has 1 aromatic heterocycles. The van der Waals surface area contributed by atoms with Gasteiger partial charge in [-0.05, 0) is 66.2 Å². The van der Waals surface area contributed by atoms with Crippen molar-refractivity contribution in [3.8, 4) is 11.4 Å². The van der Waals surface area contributed by atoms with Crippen molar-refractivity contribution in [3.05, 3.63) is 129 Å². The van der Waals surface area contributed by atoms with Gasteiger partial charge in [-0.2, -0.15) is 0 Å². The lowest BCUT2D eigenvalue weighted by Crippen LogP contribution is -2.22. The van der Waals surface area contributed by atoms with Gasteiger partial charge in [0.15, 0.2) is 10.9 Å². The third kappa shape index (κ3) is 5.72. The number of fused-ring (bicyclic) bond motifs is 1. The first-order chi connectivity index (χ1) is 18.0. The van der Waals surface area contributed by atoms with E-state index in [0.717, 1.165) is 5.56 Å². The van der Waals surface area contributed by atoms with E-state index in [1.807, 2.05) is 48.5 Å². The Labute approximate surface area is 227 Å². The predicted octanol–water partition coefficient (Wildman–Crippen LogP) is 7.25. The Bertz CT molecular complexity index is 1640. The average molecular weight is 547 g/mol. The first kappa shape index (κ1) is 25.1. The van der Waals surface area contributed by atoms with Crippen LogP contribution in [-0.4, -0.2) is 21.1 Å². The Kier molecular flexibility index (Phi) is 7.60. The summed E-state index contributed by atoms with van der Waals surface area (Å²) >= 11 is 13.2. The SMILES string of the molecule is O=C(CSc1nc2ccccc2c(=O)n1-c1ccccc1)c1ccc(OCc2ccc(Cl)c(Cl)c2)cc1. The number of para-hydroxylation sites is 2. The molecule has 0 radical (unpaired) electrons. The summed E-state index contributed by atoms with van der Waals surface area (Å²) in [5.74, 6) is 0.675. The van der Waals surface area contributed by atoms with Gasteiger partial charge < -0.3 is 4.74 Å². The normalized spacial score (nSPS) is 11.0. The van der Waals surface area contributed by atoms with Crippen LogP contribution in [0.25, 0.3) is 16.6 Å². The van der Waals surface area contributed by atoms with E-state index >= 15 is 0 Å². The van der Waals surface area contributed by atoms with E-state index in [1.165, 1.54) is 11.8 Å². The van der Waals surface area contributed by atoms with E-state index in [2.05, 4.69) is 0 Å². The number of carbonyl (C=O) groups is 1. The maximum atomic E-state index is 13.3. The second-order valence-corrected chi connectivity index (χ2v) is 9.92. The molecular formula is C29H20Cl2N2O3S. The number of ketones is 1. The lowest BCUT2D eigenvalue weighted by molar-refractivity contribution is 0.102. The number of carbonyl (C=O) groups excluding carboxylic acids is 1. The number of rotatable bonds is 8. The molecule has 0 atom stereocenters. The van der Waals surface area contributed by atoms with Crippen molar-refractivity contribution >= 4 is 51.6 Å². The summed E-state index contributed by atoms with van der Waals surface area (Å²) in [6.07, 6.45) is 0. The molecular weight excluding hydrogens is 527 g/mol. The first-order valence-electron chi connectivity index (χ1n) is 11.4. The molecule has 4 aromatic carbocycles. The van der Waals surface area contributed by atoms with Gasteiger partial charge in [-0.3, -0.25) is 14.2 Å². The zero-order chi connectivity index (χ0) is 25.8. The number of thioether (sulfide) groups is 1. The summed E-state index contributed by atoms with van der Waals surface area (Å²) in [7, 11) is 0. The van der Waals surface area contributed by atoms with E-state index in [0.29, 0.717) is 49.7 Å². The maximum absolute atomic E-state index is 13.3. The van der Waals surface area contributed by atoms with Crippen molar-refractivity contribution in [2.75, 3.05) is 5.75 Å². The number of halogens is 2. The molecule has 0 aliphatic carbocycles. The largest absolute Gasteiger partial charge is 0.489 e. The second kappa shape index (κ2) is 11.2. The third-order valence-electron chi connectivity index (χ3n) is 5.66. The van der Waals surface area contributed by atoms with Gasteiger partial charge in [0.2, 0.25) is 0 Å². The quantitative estimate of drug-likeness (QED) is 0.116. The Morgan fingerprint density at radius 2 is 1.59 bits per heavy atom. The van der Waals surface area contributed by atoms with Crippen LogP contribution in [0.15, 0.2) is 107 Å². The molecule has 5 aromatic rings. The summed E-state index contributed by atoms with van der Waals surface area (Å²) in [5.41, 5.74) is 2.56. The van der Waals surface area contributed by atoms with Crippen LogP contribution in [0.5, 0.6) is 5.75 Å². The van der Waals surface area contributed by atoms with Crippen LogP contribution in [0, 0.1) is 0 Å². The van der Waals surface area contributed by atoms with Gasteiger partial charge in [0.1, 0.15) is 12.4 Å². The molecule has 0 saturated carbocycles. The van der Waals surface area contributed by atoms with Crippen molar-refractivity contribution in [3.63, 3.8) is 0 Å². The van der Waals surface area contributed by atoms with Gasteiger partial charge in [-0.25, -0.2) is 4.98 Å². The van der Waals surface area contributed by atoms with Gasteiger partial charge in [-0.1, -0.05) is 71.4 Å². The minimum absolute atomic E-state index is 0.0805. The average Bonchev–Trinajstić information content (AvgIpc) is 2.93. The Morgan fingerprint density at radius 3 is 2.35 bits per heavy atom. The highest BCUT2D eigenvalue weighted by atomic mass is 35.5. The van der Waals surface area contributed by atoms with Crippen LogP contribution >= 0.6 is 35.0 Å². The van der Waals surface area contributed by atoms with E-state index < -0.39 is 0 Å². The minimum Gasteiger partial charge on any atom is -0.489 e. The lowest BCUT2D eigenvalue weighted by Gasteiger charge is -2.13. The van der Waals surface area contributed by atoms with Gasteiger partial charge >= 0.3 is 0 Å². The number of benzene rings is 4. The number of Topliss-reactive ketones (excluding diaryl/α,β-unsaturated/α-hetero) is 1. The van der Waals surface area contributed by atoms with Crippen LogP contribution in [0.1, 0.15) is 15.9 Å². The second-order valence-electron chi connectivity index (χ2n) is 8.16. The molecule has 0 aliphatic heterocycles. The fourth-order valence-electron chi connectivity index (χ4n) is 3.76. The number of ether oxygens (including phenoxy) is 1. The minimum atomic E-state index is -0.171. The monoisotopic (exact) mass is 546 g/mol. The fourth-order valence-corrected chi connectivity index (χ4v) is 4.99. The van der Waals surface area contributed by atoms with E-state index in [1.54, 1.807) is 53.1 Å². The molecule has 0 fully saturated rings. The smallest absolute Gasteiger partial charge is 0.266 e. The van der Waals surface area contributed by atoms with E-state index in [-0.39, 0.29) is 17.1 Å². The van der Waals surface area contributed by atoms with Crippen LogP contribution in [0.2, 0.25) is 10.0 Å². The molecule has 37 heavy (non-hydrogen) atoms. The highest BCUT2D eigenvalue weighted by molar-refractivity contribution is 7.99. The Morgan fingerprint density at radius 1 is 0.865 bits per heavy atom. The molecule has 0 N–H and O–H groups in total. The number of aromatic nitrogens is 2. The van der Waals surface area contributed by atoms with Crippen molar-refractivity contribution in [2.45, 2.75) is 11.8 Å². The molecule has 0 bridgehead atoms. The van der Waals surface area contributed by atoms with Crippen molar-refractivity contribution in [1.82, 2.24) is 9.55 Å². The molecule has 0 saturated heterocycles. The Balaban J connectivity index is 1.31. The molecule has 0 amide bonds. The van der Waals surface area contributed by atoms with Crippen molar-refractivity contribution in [2.24, 2.45) is 0 Å². The summed E-state index contributed by atoms with van der Waals surface area (Å²) in [5, 5.41) is 1.95. The zero-order valence-electron chi connectivity index (χ0n) is 19.4. The highest BCUT2D eigenvalue weighted by Gasteiger charge is 2.15. The van der Waals surface area contributed by atoms with Gasteiger partial charge in [-0.15, -0.1) is 0 Å². The van der Waals surface area contributed by atoms with Crippen LogP contribution < -0.4 is 10.3 Å².